The van der Waals surface area contributed by atoms with Gasteiger partial charge in [0.1, 0.15) is 11.8 Å². The van der Waals surface area contributed by atoms with Crippen LogP contribution in [-0.4, -0.2) is 35.9 Å². The van der Waals surface area contributed by atoms with Gasteiger partial charge in [-0.1, -0.05) is 79.0 Å². The fourth-order valence-corrected chi connectivity index (χ4v) is 3.96. The third-order valence-corrected chi connectivity index (χ3v) is 6.04. The third-order valence-electron chi connectivity index (χ3n) is 5.45. The SMILES string of the molecule is CCCCNC(=O)C(C)N(Cc1ccc(Cl)cc1Cl)C(=O)COc1cccc2ccccc12. The summed E-state index contributed by atoms with van der Waals surface area (Å²) in [6, 6.07) is 17.9. The first kappa shape index (κ1) is 24.9. The molecule has 3 aromatic rings. The van der Waals surface area contributed by atoms with E-state index in [1.54, 1.807) is 25.1 Å². The van der Waals surface area contributed by atoms with Crippen LogP contribution in [-0.2, 0) is 16.1 Å². The molecule has 1 unspecified atom stereocenters. The van der Waals surface area contributed by atoms with Crippen molar-refractivity contribution in [3.05, 3.63) is 76.3 Å². The first-order chi connectivity index (χ1) is 15.9. The quantitative estimate of drug-likeness (QED) is 0.365. The number of halogens is 2. The number of nitrogens with one attached hydrogen (secondary N) is 1. The predicted molar refractivity (Wildman–Crippen MR) is 134 cm³/mol. The maximum atomic E-state index is 13.3. The molecule has 0 aliphatic carbocycles. The summed E-state index contributed by atoms with van der Waals surface area (Å²) in [6.07, 6.45) is 1.84. The number of amides is 2. The van der Waals surface area contributed by atoms with E-state index in [2.05, 4.69) is 12.2 Å². The molecule has 1 N–H and O–H groups in total. The summed E-state index contributed by atoms with van der Waals surface area (Å²) in [5.41, 5.74) is 0.702. The van der Waals surface area contributed by atoms with E-state index in [9.17, 15) is 9.59 Å². The summed E-state index contributed by atoms with van der Waals surface area (Å²) in [6.45, 7) is 4.29. The number of carbonyl (C=O) groups is 2. The van der Waals surface area contributed by atoms with Gasteiger partial charge in [0.15, 0.2) is 6.61 Å². The van der Waals surface area contributed by atoms with E-state index in [1.807, 2.05) is 42.5 Å². The van der Waals surface area contributed by atoms with Crippen LogP contribution in [0.1, 0.15) is 32.3 Å². The molecular formula is C26H28Cl2N2O3. The van der Waals surface area contributed by atoms with Crippen molar-refractivity contribution in [2.75, 3.05) is 13.2 Å². The Morgan fingerprint density at radius 3 is 2.58 bits per heavy atom. The lowest BCUT2D eigenvalue weighted by atomic mass is 10.1. The second kappa shape index (κ2) is 11.9. The van der Waals surface area contributed by atoms with Crippen molar-refractivity contribution >= 4 is 45.8 Å². The average Bonchev–Trinajstić information content (AvgIpc) is 2.81. The lowest BCUT2D eigenvalue weighted by Gasteiger charge is -2.29. The van der Waals surface area contributed by atoms with Crippen LogP contribution in [0.15, 0.2) is 60.7 Å². The van der Waals surface area contributed by atoms with Crippen molar-refractivity contribution < 1.29 is 14.3 Å². The van der Waals surface area contributed by atoms with Gasteiger partial charge in [0.25, 0.3) is 5.91 Å². The second-order valence-electron chi connectivity index (χ2n) is 7.84. The molecule has 0 aromatic heterocycles. The van der Waals surface area contributed by atoms with Crippen LogP contribution in [0.25, 0.3) is 10.8 Å². The van der Waals surface area contributed by atoms with Crippen LogP contribution in [0.4, 0.5) is 0 Å². The third kappa shape index (κ3) is 6.62. The summed E-state index contributed by atoms with van der Waals surface area (Å²) >= 11 is 12.4. The van der Waals surface area contributed by atoms with Crippen LogP contribution in [0.5, 0.6) is 5.75 Å². The fourth-order valence-electron chi connectivity index (χ4n) is 3.50. The zero-order valence-electron chi connectivity index (χ0n) is 18.8. The maximum Gasteiger partial charge on any atom is 0.261 e. The molecule has 2 amide bonds. The smallest absolute Gasteiger partial charge is 0.261 e. The number of nitrogens with zero attached hydrogens (tertiary/aromatic N) is 1. The van der Waals surface area contributed by atoms with Crippen molar-refractivity contribution in [2.24, 2.45) is 0 Å². The molecule has 7 heteroatoms. The van der Waals surface area contributed by atoms with Gasteiger partial charge in [0.2, 0.25) is 5.91 Å². The minimum Gasteiger partial charge on any atom is -0.483 e. The molecule has 3 rings (SSSR count). The normalized spacial score (nSPS) is 11.8. The van der Waals surface area contributed by atoms with Crippen LogP contribution in [0.3, 0.4) is 0 Å². The Morgan fingerprint density at radius 2 is 1.82 bits per heavy atom. The number of unbranched alkanes of at least 4 members (excludes halogenated alkanes) is 1. The summed E-state index contributed by atoms with van der Waals surface area (Å²) < 4.78 is 5.90. The van der Waals surface area contributed by atoms with Gasteiger partial charge < -0.3 is 15.0 Å². The Morgan fingerprint density at radius 1 is 1.06 bits per heavy atom. The van der Waals surface area contributed by atoms with Gasteiger partial charge in [-0.15, -0.1) is 0 Å². The molecule has 1 atom stereocenters. The van der Waals surface area contributed by atoms with Crippen molar-refractivity contribution in [1.29, 1.82) is 0 Å². The second-order valence-corrected chi connectivity index (χ2v) is 8.69. The number of hydrogen-bond donors (Lipinski definition) is 1. The van der Waals surface area contributed by atoms with E-state index in [0.717, 1.165) is 23.6 Å². The van der Waals surface area contributed by atoms with E-state index >= 15 is 0 Å². The van der Waals surface area contributed by atoms with Crippen LogP contribution in [0, 0.1) is 0 Å². The van der Waals surface area contributed by atoms with E-state index in [0.29, 0.717) is 27.9 Å². The fraction of sp³-hybridized carbons (Fsp3) is 0.308. The van der Waals surface area contributed by atoms with Gasteiger partial charge in [0.05, 0.1) is 0 Å². The highest BCUT2D eigenvalue weighted by Gasteiger charge is 2.27. The number of ether oxygens (including phenoxy) is 1. The summed E-state index contributed by atoms with van der Waals surface area (Å²) in [5, 5.41) is 5.79. The molecule has 5 nitrogen and oxygen atoms in total. The molecule has 0 bridgehead atoms. The summed E-state index contributed by atoms with van der Waals surface area (Å²) in [4.78, 5) is 27.5. The Hall–Kier alpha value is -2.76. The molecule has 174 valence electrons. The average molecular weight is 487 g/mol. The Labute approximate surface area is 204 Å². The lowest BCUT2D eigenvalue weighted by molar-refractivity contribution is -0.142. The molecule has 0 aliphatic heterocycles. The first-order valence-corrected chi connectivity index (χ1v) is 11.8. The lowest BCUT2D eigenvalue weighted by Crippen LogP contribution is -2.49. The van der Waals surface area contributed by atoms with Gasteiger partial charge in [-0.25, -0.2) is 0 Å². The highest BCUT2D eigenvalue weighted by Crippen LogP contribution is 2.26. The zero-order chi connectivity index (χ0) is 23.8. The molecule has 0 aliphatic rings. The molecule has 0 spiro atoms. The molecule has 0 saturated carbocycles. The number of fused-ring (bicyclic) bond motifs is 1. The molecular weight excluding hydrogens is 459 g/mol. The monoisotopic (exact) mass is 486 g/mol. The largest absolute Gasteiger partial charge is 0.483 e. The number of carbonyl (C=O) groups excluding carboxylic acids is 2. The van der Waals surface area contributed by atoms with Crippen molar-refractivity contribution in [3.8, 4) is 5.75 Å². The van der Waals surface area contributed by atoms with Crippen molar-refractivity contribution in [1.82, 2.24) is 10.2 Å². The maximum absolute atomic E-state index is 13.3. The topological polar surface area (TPSA) is 58.6 Å². The van der Waals surface area contributed by atoms with Gasteiger partial charge in [-0.05, 0) is 42.5 Å². The molecule has 0 heterocycles. The number of rotatable bonds is 10. The summed E-state index contributed by atoms with van der Waals surface area (Å²) in [5.74, 6) is 0.0881. The van der Waals surface area contributed by atoms with E-state index in [4.69, 9.17) is 27.9 Å². The molecule has 0 radical (unpaired) electrons. The highest BCUT2D eigenvalue weighted by atomic mass is 35.5. The van der Waals surface area contributed by atoms with Crippen LogP contribution >= 0.6 is 23.2 Å². The number of hydrogen-bond acceptors (Lipinski definition) is 3. The van der Waals surface area contributed by atoms with E-state index in [-0.39, 0.29) is 25.0 Å². The zero-order valence-corrected chi connectivity index (χ0v) is 20.3. The van der Waals surface area contributed by atoms with Crippen molar-refractivity contribution in [3.63, 3.8) is 0 Å². The molecule has 0 saturated heterocycles. The summed E-state index contributed by atoms with van der Waals surface area (Å²) in [7, 11) is 0. The molecule has 33 heavy (non-hydrogen) atoms. The minimum atomic E-state index is -0.697. The molecule has 3 aromatic carbocycles. The van der Waals surface area contributed by atoms with Crippen LogP contribution < -0.4 is 10.1 Å². The van der Waals surface area contributed by atoms with Gasteiger partial charge in [-0.3, -0.25) is 9.59 Å². The van der Waals surface area contributed by atoms with E-state index < -0.39 is 6.04 Å². The predicted octanol–water partition coefficient (Wildman–Crippen LogP) is 5.86. The Kier molecular flexibility index (Phi) is 8.98. The first-order valence-electron chi connectivity index (χ1n) is 11.0. The van der Waals surface area contributed by atoms with Gasteiger partial charge in [-0.2, -0.15) is 0 Å². The minimum absolute atomic E-state index is 0.163. The Balaban J connectivity index is 1.79. The molecule has 0 fully saturated rings. The van der Waals surface area contributed by atoms with Crippen molar-refractivity contribution in [2.45, 2.75) is 39.3 Å². The van der Waals surface area contributed by atoms with Gasteiger partial charge >= 0.3 is 0 Å². The van der Waals surface area contributed by atoms with Gasteiger partial charge in [0, 0.05) is 28.5 Å². The van der Waals surface area contributed by atoms with E-state index in [1.165, 1.54) is 4.90 Å². The Bertz CT molecular complexity index is 1110. The number of benzene rings is 3. The van der Waals surface area contributed by atoms with Crippen LogP contribution in [0.2, 0.25) is 10.0 Å². The highest BCUT2D eigenvalue weighted by molar-refractivity contribution is 6.35. The standard InChI is InChI=1S/C26H28Cl2N2O3/c1-3-4-14-29-26(32)18(2)30(16-20-12-13-21(27)15-23(20)28)25(31)17-33-24-11-7-9-19-8-5-6-10-22(19)24/h5-13,15,18H,3-4,14,16-17H2,1-2H3,(H,29,32).